The van der Waals surface area contributed by atoms with Crippen molar-refractivity contribution in [2.24, 2.45) is 0 Å². The molecule has 2 saturated heterocycles. The van der Waals surface area contributed by atoms with E-state index in [9.17, 15) is 19.7 Å². The van der Waals surface area contributed by atoms with Gasteiger partial charge in [-0.05, 0) is 73.3 Å². The summed E-state index contributed by atoms with van der Waals surface area (Å²) in [4.78, 5) is 46.6. The molecule has 16 nitrogen and oxygen atoms in total. The molecule has 0 saturated carbocycles. The molecular weight excluding hydrogens is 648 g/mol. The van der Waals surface area contributed by atoms with Crippen LogP contribution >= 0.6 is 0 Å². The number of rotatable bonds is 7. The summed E-state index contributed by atoms with van der Waals surface area (Å²) in [6, 6.07) is 6.51. The van der Waals surface area contributed by atoms with E-state index in [2.05, 4.69) is 20.6 Å². The number of likely N-dealkylation sites (tertiary alicyclic amines) is 2. The van der Waals surface area contributed by atoms with Crippen LogP contribution in [0.2, 0.25) is 0 Å². The van der Waals surface area contributed by atoms with Gasteiger partial charge in [0.25, 0.3) is 0 Å². The van der Waals surface area contributed by atoms with Crippen LogP contribution in [0, 0.1) is 10.1 Å². The van der Waals surface area contributed by atoms with Gasteiger partial charge in [-0.15, -0.1) is 0 Å². The third-order valence-corrected chi connectivity index (χ3v) is 7.34. The van der Waals surface area contributed by atoms with Crippen molar-refractivity contribution in [3.05, 3.63) is 34.4 Å². The van der Waals surface area contributed by atoms with Gasteiger partial charge >= 0.3 is 17.9 Å². The van der Waals surface area contributed by atoms with E-state index in [-0.39, 0.29) is 50.6 Å². The predicted molar refractivity (Wildman–Crippen MR) is 195 cm³/mol. The topological polar surface area (TPSA) is 197 Å². The standard InChI is InChI=1S/C16H24N4O5.C16H26N4O3.2CH4/c1-16(2,3)25-15(21)19-9-7-11(8-10-19)17-14-12(20(22)23)5-6-13(18-14)24-4;1-16(2,3)23-15(21)20-9-7-11(8-10-20)18-14-12(17)5-6-13(19-14)22-4;;/h5-6,11H,7-10H2,1-4H3,(H,17,18);5-6,11H,7-10,17H2,1-4H3,(H,18,19);2*1H4. The summed E-state index contributed by atoms with van der Waals surface area (Å²) in [6.07, 6.45) is 2.34. The Morgan fingerprint density at radius 1 is 0.760 bits per heavy atom. The van der Waals surface area contributed by atoms with Crippen LogP contribution in [0.1, 0.15) is 82.1 Å². The van der Waals surface area contributed by atoms with Crippen LogP contribution in [0.3, 0.4) is 0 Å². The molecule has 0 unspecified atom stereocenters. The van der Waals surface area contributed by atoms with Crippen molar-refractivity contribution in [1.82, 2.24) is 19.8 Å². The lowest BCUT2D eigenvalue weighted by molar-refractivity contribution is -0.384. The van der Waals surface area contributed by atoms with E-state index >= 15 is 0 Å². The molecule has 0 aliphatic carbocycles. The van der Waals surface area contributed by atoms with Crippen LogP contribution in [0.4, 0.5) is 32.6 Å². The maximum absolute atomic E-state index is 12.1. The number of methoxy groups -OCH3 is 2. The molecule has 2 aliphatic rings. The van der Waals surface area contributed by atoms with Gasteiger partial charge in [0.05, 0.1) is 24.8 Å². The lowest BCUT2D eigenvalue weighted by Crippen LogP contribution is -2.44. The number of ether oxygens (including phenoxy) is 4. The van der Waals surface area contributed by atoms with Crippen molar-refractivity contribution in [2.45, 2.75) is 105 Å². The highest BCUT2D eigenvalue weighted by molar-refractivity contribution is 5.69. The number of hydrogen-bond acceptors (Lipinski definition) is 13. The Hall–Kier alpha value is -4.76. The molecule has 0 radical (unpaired) electrons. The maximum Gasteiger partial charge on any atom is 0.410 e. The molecule has 0 spiro atoms. The Morgan fingerprint density at radius 3 is 1.52 bits per heavy atom. The Morgan fingerprint density at radius 2 is 1.14 bits per heavy atom. The van der Waals surface area contributed by atoms with Gasteiger partial charge in [0.15, 0.2) is 5.82 Å². The van der Waals surface area contributed by atoms with E-state index in [1.54, 1.807) is 29.0 Å². The maximum atomic E-state index is 12.1. The van der Waals surface area contributed by atoms with Crippen molar-refractivity contribution in [3.63, 3.8) is 0 Å². The van der Waals surface area contributed by atoms with E-state index in [1.807, 2.05) is 41.5 Å². The highest BCUT2D eigenvalue weighted by Gasteiger charge is 2.29. The second-order valence-electron chi connectivity index (χ2n) is 13.5. The third-order valence-electron chi connectivity index (χ3n) is 7.34. The summed E-state index contributed by atoms with van der Waals surface area (Å²) in [7, 11) is 3.03. The first kappa shape index (κ1) is 43.3. The molecule has 4 heterocycles. The number of carbonyl (C=O) groups excluding carboxylic acids is 2. The number of nitrogens with two attached hydrogens (primary N) is 1. The molecule has 4 rings (SSSR count). The fourth-order valence-electron chi connectivity index (χ4n) is 4.93. The molecule has 50 heavy (non-hydrogen) atoms. The van der Waals surface area contributed by atoms with E-state index in [0.717, 1.165) is 12.8 Å². The van der Waals surface area contributed by atoms with Gasteiger partial charge in [0, 0.05) is 56.5 Å². The molecular formula is C34H58N8O8. The van der Waals surface area contributed by atoms with Crippen molar-refractivity contribution in [1.29, 1.82) is 0 Å². The summed E-state index contributed by atoms with van der Waals surface area (Å²) in [5.74, 6) is 1.63. The number of aromatic nitrogens is 2. The van der Waals surface area contributed by atoms with Gasteiger partial charge in [0.2, 0.25) is 17.6 Å². The summed E-state index contributed by atoms with van der Waals surface area (Å²) in [5.41, 5.74) is 5.43. The Labute approximate surface area is 296 Å². The molecule has 2 aliphatic heterocycles. The van der Waals surface area contributed by atoms with Crippen LogP contribution in [-0.4, -0.2) is 101 Å². The summed E-state index contributed by atoms with van der Waals surface area (Å²) >= 11 is 0. The average Bonchev–Trinajstić information content (AvgIpc) is 3.01. The fraction of sp³-hybridized carbons (Fsp3) is 0.647. The third kappa shape index (κ3) is 13.6. The number of piperidine rings is 2. The van der Waals surface area contributed by atoms with Crippen molar-refractivity contribution < 1.29 is 33.5 Å². The minimum absolute atomic E-state index is 0. The SMILES string of the molecule is C.C.COc1ccc(N)c(NC2CCN(C(=O)OC(C)(C)C)CC2)n1.COc1ccc([N+](=O)[O-])c(NC2CCN(C(=O)OC(C)(C)C)CC2)n1. The van der Waals surface area contributed by atoms with Gasteiger partial charge in [-0.3, -0.25) is 10.1 Å². The molecule has 2 amide bonds. The number of nitrogens with zero attached hydrogens (tertiary/aromatic N) is 5. The highest BCUT2D eigenvalue weighted by Crippen LogP contribution is 2.28. The minimum Gasteiger partial charge on any atom is -0.481 e. The Kier molecular flexibility index (Phi) is 16.3. The van der Waals surface area contributed by atoms with Gasteiger partial charge in [0.1, 0.15) is 11.2 Å². The van der Waals surface area contributed by atoms with Gasteiger partial charge in [-0.1, -0.05) is 14.9 Å². The van der Waals surface area contributed by atoms with E-state index in [0.29, 0.717) is 62.3 Å². The summed E-state index contributed by atoms with van der Waals surface area (Å²) in [5, 5.41) is 17.6. The van der Waals surface area contributed by atoms with Crippen LogP contribution in [0.15, 0.2) is 24.3 Å². The van der Waals surface area contributed by atoms with Crippen LogP contribution in [0.25, 0.3) is 0 Å². The van der Waals surface area contributed by atoms with Gasteiger partial charge in [-0.25, -0.2) is 9.59 Å². The van der Waals surface area contributed by atoms with Crippen LogP contribution in [-0.2, 0) is 9.47 Å². The number of nitro groups is 1. The largest absolute Gasteiger partial charge is 0.481 e. The average molecular weight is 707 g/mol. The molecule has 16 heteroatoms. The molecule has 0 aromatic carbocycles. The number of anilines is 3. The Bertz CT molecular complexity index is 1400. The van der Waals surface area contributed by atoms with E-state index < -0.39 is 16.1 Å². The first-order chi connectivity index (χ1) is 22.5. The van der Waals surface area contributed by atoms with Crippen molar-refractivity contribution in [2.75, 3.05) is 56.8 Å². The molecule has 0 bridgehead atoms. The normalized spacial score (nSPS) is 15.2. The number of nitrogen functional groups attached to an aromatic ring is 1. The summed E-state index contributed by atoms with van der Waals surface area (Å²) in [6.45, 7) is 13.4. The second-order valence-corrected chi connectivity index (χ2v) is 13.5. The fourth-order valence-corrected chi connectivity index (χ4v) is 4.93. The zero-order chi connectivity index (χ0) is 35.6. The number of nitrogens with one attached hydrogen (secondary N) is 2. The Balaban J connectivity index is 0.000000482. The first-order valence-electron chi connectivity index (χ1n) is 16.0. The van der Waals surface area contributed by atoms with E-state index in [1.165, 1.54) is 19.2 Å². The molecule has 0 atom stereocenters. The lowest BCUT2D eigenvalue weighted by Gasteiger charge is -2.34. The van der Waals surface area contributed by atoms with Gasteiger partial charge < -0.3 is 45.1 Å². The van der Waals surface area contributed by atoms with Crippen LogP contribution < -0.4 is 25.8 Å². The minimum atomic E-state index is -0.530. The zero-order valence-electron chi connectivity index (χ0n) is 29.2. The molecule has 4 N–H and O–H groups in total. The smallest absolute Gasteiger partial charge is 0.410 e. The number of hydrogen-bond donors (Lipinski definition) is 3. The zero-order valence-corrected chi connectivity index (χ0v) is 29.2. The predicted octanol–water partition coefficient (Wildman–Crippen LogP) is 6.57. The second kappa shape index (κ2) is 18.9. The molecule has 2 aromatic rings. The van der Waals surface area contributed by atoms with E-state index in [4.69, 9.17) is 24.7 Å². The number of pyridine rings is 2. The molecule has 2 fully saturated rings. The number of carbonyl (C=O) groups is 2. The lowest BCUT2D eigenvalue weighted by atomic mass is 10.1. The quantitative estimate of drug-likeness (QED) is 0.207. The number of amides is 2. The summed E-state index contributed by atoms with van der Waals surface area (Å²) < 4.78 is 20.9. The molecule has 2 aromatic heterocycles. The highest BCUT2D eigenvalue weighted by atomic mass is 16.6. The first-order valence-corrected chi connectivity index (χ1v) is 16.0. The van der Waals surface area contributed by atoms with Crippen molar-refractivity contribution >= 4 is 35.2 Å². The molecule has 282 valence electrons. The monoisotopic (exact) mass is 706 g/mol. The van der Waals surface area contributed by atoms with Gasteiger partial charge in [-0.2, -0.15) is 9.97 Å². The van der Waals surface area contributed by atoms with Crippen LogP contribution in [0.5, 0.6) is 11.8 Å². The van der Waals surface area contributed by atoms with Crippen molar-refractivity contribution in [3.8, 4) is 11.8 Å².